The van der Waals surface area contributed by atoms with Gasteiger partial charge < -0.3 is 5.32 Å². The van der Waals surface area contributed by atoms with E-state index >= 15 is 0 Å². The highest BCUT2D eigenvalue weighted by atomic mass is 127. The molecule has 0 aliphatic heterocycles. The second-order valence-corrected chi connectivity index (χ2v) is 6.29. The van der Waals surface area contributed by atoms with Gasteiger partial charge in [-0.1, -0.05) is 26.0 Å². The number of nitrogens with one attached hydrogen (secondary N) is 1. The van der Waals surface area contributed by atoms with Crippen LogP contribution in [0.3, 0.4) is 0 Å². The quantitative estimate of drug-likeness (QED) is 0.832. The summed E-state index contributed by atoms with van der Waals surface area (Å²) in [6.07, 6.45) is 2.52. The molecule has 2 heteroatoms. The molecule has 0 heterocycles. The summed E-state index contributed by atoms with van der Waals surface area (Å²) in [5, 5.41) is 3.45. The average molecular weight is 329 g/mol. The van der Waals surface area contributed by atoms with Crippen molar-refractivity contribution in [1.82, 2.24) is 5.32 Å². The highest BCUT2D eigenvalue weighted by Crippen LogP contribution is 2.54. The molecular formula is C14H20IN. The minimum Gasteiger partial charge on any atom is -0.316 e. The Hall–Kier alpha value is -0.0900. The highest BCUT2D eigenvalue weighted by molar-refractivity contribution is 14.1. The van der Waals surface area contributed by atoms with Gasteiger partial charge in [0.25, 0.3) is 0 Å². The molecule has 1 saturated carbocycles. The Morgan fingerprint density at radius 3 is 2.50 bits per heavy atom. The topological polar surface area (TPSA) is 12.0 Å². The number of hydrogen-bond donors (Lipinski definition) is 1. The minimum absolute atomic E-state index is 0.432. The summed E-state index contributed by atoms with van der Waals surface area (Å²) in [4.78, 5) is 0. The first-order chi connectivity index (χ1) is 7.61. The molecule has 2 rings (SSSR count). The first-order valence-corrected chi connectivity index (χ1v) is 7.12. The average Bonchev–Trinajstić information content (AvgIpc) is 2.30. The lowest BCUT2D eigenvalue weighted by molar-refractivity contribution is 0.0495. The van der Waals surface area contributed by atoms with Gasteiger partial charge in [-0.15, -0.1) is 0 Å². The lowest BCUT2D eigenvalue weighted by Gasteiger charge is -2.54. The second-order valence-electron chi connectivity index (χ2n) is 5.04. The maximum Gasteiger partial charge on any atom is 0.0130 e. The Morgan fingerprint density at radius 1 is 1.38 bits per heavy atom. The van der Waals surface area contributed by atoms with Gasteiger partial charge in [0.15, 0.2) is 0 Å². The van der Waals surface area contributed by atoms with Crippen LogP contribution in [-0.2, 0) is 0 Å². The number of hydrogen-bond acceptors (Lipinski definition) is 1. The van der Waals surface area contributed by atoms with E-state index in [9.17, 15) is 0 Å². The van der Waals surface area contributed by atoms with E-state index in [1.165, 1.54) is 22.0 Å². The number of rotatable bonds is 3. The fourth-order valence-corrected chi connectivity index (χ4v) is 3.37. The molecule has 0 aromatic heterocycles. The number of halogens is 1. The molecule has 0 radical (unpaired) electrons. The van der Waals surface area contributed by atoms with Crippen LogP contribution in [0, 0.1) is 8.99 Å². The van der Waals surface area contributed by atoms with Crippen LogP contribution < -0.4 is 5.32 Å². The summed E-state index contributed by atoms with van der Waals surface area (Å²) < 4.78 is 1.32. The largest absolute Gasteiger partial charge is 0.316 e. The first-order valence-electron chi connectivity index (χ1n) is 6.04. The molecule has 0 amide bonds. The molecule has 3 unspecified atom stereocenters. The van der Waals surface area contributed by atoms with Crippen molar-refractivity contribution in [2.75, 3.05) is 7.05 Å². The van der Waals surface area contributed by atoms with Crippen molar-refractivity contribution < 1.29 is 0 Å². The van der Waals surface area contributed by atoms with E-state index in [1.54, 1.807) is 0 Å². The van der Waals surface area contributed by atoms with Gasteiger partial charge in [0, 0.05) is 9.61 Å². The van der Waals surface area contributed by atoms with Gasteiger partial charge in [-0.2, -0.15) is 0 Å². The minimum atomic E-state index is 0.432. The van der Waals surface area contributed by atoms with E-state index in [0.717, 1.165) is 5.92 Å². The molecule has 88 valence electrons. The zero-order chi connectivity index (χ0) is 11.8. The van der Waals surface area contributed by atoms with Crippen molar-refractivity contribution in [1.29, 1.82) is 0 Å². The predicted molar refractivity (Wildman–Crippen MR) is 77.8 cm³/mol. The van der Waals surface area contributed by atoms with E-state index in [-0.39, 0.29) is 0 Å². The van der Waals surface area contributed by atoms with Crippen LogP contribution in [0.1, 0.15) is 38.2 Å². The maximum atomic E-state index is 3.45. The van der Waals surface area contributed by atoms with Gasteiger partial charge in [0.1, 0.15) is 0 Å². The molecule has 0 spiro atoms. The van der Waals surface area contributed by atoms with Crippen LogP contribution in [0.5, 0.6) is 0 Å². The zero-order valence-corrected chi connectivity index (χ0v) is 12.4. The molecule has 1 aliphatic rings. The predicted octanol–water partition coefficient (Wildman–Crippen LogP) is 3.78. The lowest BCUT2D eigenvalue weighted by Crippen LogP contribution is -2.55. The third kappa shape index (κ3) is 1.90. The van der Waals surface area contributed by atoms with Crippen molar-refractivity contribution in [3.63, 3.8) is 0 Å². The Labute approximate surface area is 112 Å². The maximum absolute atomic E-state index is 3.45. The van der Waals surface area contributed by atoms with Crippen LogP contribution >= 0.6 is 22.6 Å². The van der Waals surface area contributed by atoms with E-state index < -0.39 is 0 Å². The summed E-state index contributed by atoms with van der Waals surface area (Å²) in [5.41, 5.74) is 1.94. The van der Waals surface area contributed by atoms with E-state index in [4.69, 9.17) is 0 Å². The molecule has 1 aliphatic carbocycles. The second kappa shape index (κ2) is 4.65. The van der Waals surface area contributed by atoms with E-state index in [1.807, 2.05) is 0 Å². The van der Waals surface area contributed by atoms with Crippen LogP contribution in [0.15, 0.2) is 24.3 Å². The summed E-state index contributed by atoms with van der Waals surface area (Å²) >= 11 is 2.37. The number of benzene rings is 1. The molecule has 1 nitrogen and oxygen atoms in total. The Bertz CT molecular complexity index is 360. The van der Waals surface area contributed by atoms with Crippen LogP contribution in [0.2, 0.25) is 0 Å². The van der Waals surface area contributed by atoms with Crippen molar-refractivity contribution in [2.24, 2.45) is 5.41 Å². The normalized spacial score (nSPS) is 33.5. The van der Waals surface area contributed by atoms with Gasteiger partial charge in [-0.05, 0) is 71.5 Å². The van der Waals surface area contributed by atoms with Gasteiger partial charge in [0.05, 0.1) is 0 Å². The highest BCUT2D eigenvalue weighted by Gasteiger charge is 2.49. The fourth-order valence-electron chi connectivity index (χ4n) is 3.01. The van der Waals surface area contributed by atoms with Crippen molar-refractivity contribution in [2.45, 2.75) is 38.6 Å². The molecule has 1 aromatic carbocycles. The standard InChI is InChI=1S/C14H20IN/c1-4-14(2)12(9-13(14)16-3)10-5-7-11(15)8-6-10/h5-8,12-13,16H,4,9H2,1-3H3. The molecule has 0 bridgehead atoms. The van der Waals surface area contributed by atoms with Gasteiger partial charge in [0.2, 0.25) is 0 Å². The van der Waals surface area contributed by atoms with Crippen molar-refractivity contribution >= 4 is 22.6 Å². The van der Waals surface area contributed by atoms with Crippen molar-refractivity contribution in [3.05, 3.63) is 33.4 Å². The van der Waals surface area contributed by atoms with Gasteiger partial charge >= 0.3 is 0 Å². The zero-order valence-electron chi connectivity index (χ0n) is 10.3. The van der Waals surface area contributed by atoms with E-state index in [0.29, 0.717) is 11.5 Å². The Balaban J connectivity index is 2.21. The van der Waals surface area contributed by atoms with Gasteiger partial charge in [-0.3, -0.25) is 0 Å². The molecule has 1 N–H and O–H groups in total. The lowest BCUT2D eigenvalue weighted by atomic mass is 9.54. The van der Waals surface area contributed by atoms with E-state index in [2.05, 4.69) is 73.1 Å². The van der Waals surface area contributed by atoms with Crippen LogP contribution in [0.4, 0.5) is 0 Å². The smallest absolute Gasteiger partial charge is 0.0130 e. The van der Waals surface area contributed by atoms with Crippen LogP contribution in [0.25, 0.3) is 0 Å². The summed E-state index contributed by atoms with van der Waals surface area (Å²) in [7, 11) is 2.09. The fraction of sp³-hybridized carbons (Fsp3) is 0.571. The monoisotopic (exact) mass is 329 g/mol. The Kier molecular flexibility index (Phi) is 3.59. The summed E-state index contributed by atoms with van der Waals surface area (Å²) in [6.45, 7) is 4.73. The molecule has 16 heavy (non-hydrogen) atoms. The summed E-state index contributed by atoms with van der Waals surface area (Å²) in [6, 6.07) is 9.72. The third-order valence-corrected chi connectivity index (χ3v) is 5.17. The Morgan fingerprint density at radius 2 is 2.00 bits per heavy atom. The molecule has 1 fully saturated rings. The van der Waals surface area contributed by atoms with Crippen LogP contribution in [-0.4, -0.2) is 13.1 Å². The van der Waals surface area contributed by atoms with Gasteiger partial charge in [-0.25, -0.2) is 0 Å². The molecule has 3 atom stereocenters. The third-order valence-electron chi connectivity index (χ3n) is 4.45. The molecule has 1 aromatic rings. The summed E-state index contributed by atoms with van der Waals surface area (Å²) in [5.74, 6) is 0.729. The first kappa shape index (κ1) is 12.4. The molecule has 0 saturated heterocycles. The molecular weight excluding hydrogens is 309 g/mol. The van der Waals surface area contributed by atoms with Crippen molar-refractivity contribution in [3.8, 4) is 0 Å². The SMILES string of the molecule is CCC1(C)C(NC)CC1c1ccc(I)cc1.